The van der Waals surface area contributed by atoms with Crippen LogP contribution in [0.3, 0.4) is 0 Å². The molecule has 2 N–H and O–H groups in total. The molecule has 2 aromatic heterocycles. The van der Waals surface area contributed by atoms with E-state index in [1.807, 2.05) is 0 Å². The van der Waals surface area contributed by atoms with E-state index in [9.17, 15) is 9.90 Å². The lowest BCUT2D eigenvalue weighted by Gasteiger charge is -2.10. The second-order valence-electron chi connectivity index (χ2n) is 3.74. The zero-order valence-electron chi connectivity index (χ0n) is 9.64. The summed E-state index contributed by atoms with van der Waals surface area (Å²) in [5.74, 6) is -0.314. The number of carbonyl (C=O) groups is 1. The first kappa shape index (κ1) is 14.3. The predicted octanol–water partition coefficient (Wildman–Crippen LogP) is 2.91. The van der Waals surface area contributed by atoms with Gasteiger partial charge in [-0.15, -0.1) is 11.3 Å². The minimum atomic E-state index is -0.776. The Kier molecular flexibility index (Phi) is 4.76. The van der Waals surface area contributed by atoms with Crippen molar-refractivity contribution in [2.24, 2.45) is 0 Å². The normalized spacial score (nSPS) is 12.2. The molecule has 1 atom stereocenters. The first-order chi connectivity index (χ1) is 9.06. The van der Waals surface area contributed by atoms with Gasteiger partial charge in [0.2, 0.25) is 0 Å². The van der Waals surface area contributed by atoms with Crippen LogP contribution in [0.5, 0.6) is 0 Å². The standard InChI is InChI=1S/C12H10Cl2N2O2S/c13-10-3-1-7(5-15-10)12(18)16-6-8(17)9-2-4-11(14)19-9/h1-5,8,17H,6H2,(H,16,18)/t8-/m1/s1. The topological polar surface area (TPSA) is 62.2 Å². The van der Waals surface area contributed by atoms with E-state index in [-0.39, 0.29) is 12.5 Å². The number of halogens is 2. The zero-order chi connectivity index (χ0) is 13.8. The van der Waals surface area contributed by atoms with Gasteiger partial charge in [0.15, 0.2) is 0 Å². The van der Waals surface area contributed by atoms with Gasteiger partial charge in [0.05, 0.1) is 9.90 Å². The molecule has 0 aliphatic heterocycles. The lowest BCUT2D eigenvalue weighted by Crippen LogP contribution is -2.28. The first-order valence-electron chi connectivity index (χ1n) is 5.39. The van der Waals surface area contributed by atoms with Crippen LogP contribution in [0.4, 0.5) is 0 Å². The van der Waals surface area contributed by atoms with Gasteiger partial charge in [-0.05, 0) is 24.3 Å². The number of pyridine rings is 1. The van der Waals surface area contributed by atoms with Crippen LogP contribution in [0, 0.1) is 0 Å². The molecule has 0 bridgehead atoms. The number of amides is 1. The largest absolute Gasteiger partial charge is 0.386 e. The molecular weight excluding hydrogens is 307 g/mol. The number of thiophene rings is 1. The summed E-state index contributed by atoms with van der Waals surface area (Å²) in [4.78, 5) is 16.3. The van der Waals surface area contributed by atoms with Crippen molar-refractivity contribution >= 4 is 40.4 Å². The molecule has 19 heavy (non-hydrogen) atoms. The lowest BCUT2D eigenvalue weighted by molar-refractivity contribution is 0.0917. The molecule has 0 saturated carbocycles. The summed E-state index contributed by atoms with van der Waals surface area (Å²) >= 11 is 12.7. The van der Waals surface area contributed by atoms with Gasteiger partial charge in [0.25, 0.3) is 5.91 Å². The minimum Gasteiger partial charge on any atom is -0.386 e. The van der Waals surface area contributed by atoms with Crippen molar-refractivity contribution in [3.8, 4) is 0 Å². The fraction of sp³-hybridized carbons (Fsp3) is 0.167. The highest BCUT2D eigenvalue weighted by molar-refractivity contribution is 7.16. The molecule has 0 unspecified atom stereocenters. The average Bonchev–Trinajstić information content (AvgIpc) is 2.83. The molecule has 0 aromatic carbocycles. The molecule has 0 aliphatic rings. The highest BCUT2D eigenvalue weighted by atomic mass is 35.5. The van der Waals surface area contributed by atoms with Crippen LogP contribution in [0.2, 0.25) is 9.49 Å². The molecule has 7 heteroatoms. The fourth-order valence-electron chi connectivity index (χ4n) is 1.41. The van der Waals surface area contributed by atoms with Crippen LogP contribution in [-0.4, -0.2) is 22.5 Å². The van der Waals surface area contributed by atoms with Crippen LogP contribution in [0.1, 0.15) is 21.3 Å². The van der Waals surface area contributed by atoms with Gasteiger partial charge in [-0.1, -0.05) is 23.2 Å². The number of rotatable bonds is 4. The molecule has 100 valence electrons. The maximum Gasteiger partial charge on any atom is 0.252 e. The van der Waals surface area contributed by atoms with Crippen LogP contribution < -0.4 is 5.32 Å². The zero-order valence-corrected chi connectivity index (χ0v) is 12.0. The van der Waals surface area contributed by atoms with Crippen LogP contribution in [0.25, 0.3) is 0 Å². The lowest BCUT2D eigenvalue weighted by atomic mass is 10.2. The summed E-state index contributed by atoms with van der Waals surface area (Å²) in [6.07, 6.45) is 0.605. The number of hydrogen-bond acceptors (Lipinski definition) is 4. The van der Waals surface area contributed by atoms with Gasteiger partial charge in [-0.25, -0.2) is 4.98 Å². The van der Waals surface area contributed by atoms with E-state index in [0.717, 1.165) is 0 Å². The number of carbonyl (C=O) groups excluding carboxylic acids is 1. The van der Waals surface area contributed by atoms with Crippen molar-refractivity contribution in [3.05, 3.63) is 50.4 Å². The second kappa shape index (κ2) is 6.34. The molecule has 0 aliphatic carbocycles. The van der Waals surface area contributed by atoms with E-state index in [4.69, 9.17) is 23.2 Å². The van der Waals surface area contributed by atoms with Crippen LogP contribution in [0.15, 0.2) is 30.5 Å². The van der Waals surface area contributed by atoms with Gasteiger partial charge in [-0.2, -0.15) is 0 Å². The summed E-state index contributed by atoms with van der Waals surface area (Å²) in [6.45, 7) is 0.109. The van der Waals surface area contributed by atoms with Gasteiger partial charge in [-0.3, -0.25) is 4.79 Å². The van der Waals surface area contributed by atoms with Crippen molar-refractivity contribution in [1.29, 1.82) is 0 Å². The molecule has 0 spiro atoms. The van der Waals surface area contributed by atoms with Crippen LogP contribution in [-0.2, 0) is 0 Å². The number of aliphatic hydroxyl groups excluding tert-OH is 1. The number of nitrogens with zero attached hydrogens (tertiary/aromatic N) is 1. The Morgan fingerprint density at radius 2 is 2.16 bits per heavy atom. The van der Waals surface area contributed by atoms with E-state index >= 15 is 0 Å². The molecule has 2 aromatic rings. The molecular formula is C12H10Cl2N2O2S. The number of aromatic nitrogens is 1. The summed E-state index contributed by atoms with van der Waals surface area (Å²) in [6, 6.07) is 6.54. The third-order valence-corrected chi connectivity index (χ3v) is 3.92. The maximum atomic E-state index is 11.8. The molecule has 4 nitrogen and oxygen atoms in total. The van der Waals surface area contributed by atoms with Crippen molar-refractivity contribution in [2.75, 3.05) is 6.54 Å². The van der Waals surface area contributed by atoms with E-state index < -0.39 is 6.10 Å². The second-order valence-corrected chi connectivity index (χ2v) is 5.87. The highest BCUT2D eigenvalue weighted by Gasteiger charge is 2.12. The van der Waals surface area contributed by atoms with Crippen molar-refractivity contribution in [2.45, 2.75) is 6.10 Å². The third kappa shape index (κ3) is 3.91. The summed E-state index contributed by atoms with van der Waals surface area (Å²) in [5, 5.41) is 12.8. The Balaban J connectivity index is 1.91. The van der Waals surface area contributed by atoms with E-state index in [1.165, 1.54) is 23.6 Å². The van der Waals surface area contributed by atoms with E-state index in [1.54, 1.807) is 18.2 Å². The van der Waals surface area contributed by atoms with Crippen LogP contribution >= 0.6 is 34.5 Å². The van der Waals surface area contributed by atoms with E-state index in [0.29, 0.717) is 19.9 Å². The fourth-order valence-corrected chi connectivity index (χ4v) is 2.57. The number of aliphatic hydroxyl groups is 1. The van der Waals surface area contributed by atoms with Gasteiger partial charge in [0, 0.05) is 17.6 Å². The smallest absolute Gasteiger partial charge is 0.252 e. The predicted molar refractivity (Wildman–Crippen MR) is 75.9 cm³/mol. The monoisotopic (exact) mass is 316 g/mol. The first-order valence-corrected chi connectivity index (χ1v) is 6.96. The Morgan fingerprint density at radius 3 is 2.74 bits per heavy atom. The summed E-state index contributed by atoms with van der Waals surface area (Å²) < 4.78 is 0.599. The van der Waals surface area contributed by atoms with Gasteiger partial charge in [0.1, 0.15) is 11.3 Å². The van der Waals surface area contributed by atoms with E-state index in [2.05, 4.69) is 10.3 Å². The molecule has 2 heterocycles. The van der Waals surface area contributed by atoms with Gasteiger partial charge < -0.3 is 10.4 Å². The Morgan fingerprint density at radius 1 is 1.37 bits per heavy atom. The third-order valence-electron chi connectivity index (χ3n) is 2.37. The Bertz CT molecular complexity index is 571. The van der Waals surface area contributed by atoms with Crippen molar-refractivity contribution in [1.82, 2.24) is 10.3 Å². The number of nitrogens with one attached hydrogen (secondary N) is 1. The Labute approximate surface area is 124 Å². The number of hydrogen-bond donors (Lipinski definition) is 2. The molecule has 0 saturated heterocycles. The van der Waals surface area contributed by atoms with Gasteiger partial charge >= 0.3 is 0 Å². The molecule has 1 amide bonds. The minimum absolute atomic E-state index is 0.109. The summed E-state index contributed by atoms with van der Waals surface area (Å²) in [7, 11) is 0. The average molecular weight is 317 g/mol. The Hall–Kier alpha value is -1.14. The molecule has 0 fully saturated rings. The van der Waals surface area contributed by atoms with Crippen molar-refractivity contribution in [3.63, 3.8) is 0 Å². The summed E-state index contributed by atoms with van der Waals surface area (Å²) in [5.41, 5.74) is 0.390. The SMILES string of the molecule is O=C(NC[C@@H](O)c1ccc(Cl)s1)c1ccc(Cl)nc1. The quantitative estimate of drug-likeness (QED) is 0.852. The highest BCUT2D eigenvalue weighted by Crippen LogP contribution is 2.26. The maximum absolute atomic E-state index is 11.8. The van der Waals surface area contributed by atoms with Crippen molar-refractivity contribution < 1.29 is 9.90 Å². The molecule has 0 radical (unpaired) electrons. The molecule has 2 rings (SSSR count).